The van der Waals surface area contributed by atoms with E-state index in [1.54, 1.807) is 0 Å². The summed E-state index contributed by atoms with van der Waals surface area (Å²) in [5, 5.41) is 24.8. The SMILES string of the molecule is O=C(O)CN(CC(=O)O)CC(=O)O.[BiH3].[NaH]. The van der Waals surface area contributed by atoms with Crippen LogP contribution in [0.25, 0.3) is 0 Å². The van der Waals surface area contributed by atoms with E-state index >= 15 is 0 Å². The molecule has 15 heavy (non-hydrogen) atoms. The Hall–Kier alpha value is 0.253. The molecular formula is C6H13BiNNaO6. The Bertz CT molecular complexity index is 198. The van der Waals surface area contributed by atoms with Crippen molar-refractivity contribution in [3.8, 4) is 0 Å². The molecule has 0 saturated heterocycles. The number of carbonyl (C=O) groups is 3. The number of carboxylic acid groups (broad SMARTS) is 3. The molecule has 0 aromatic heterocycles. The minimum atomic E-state index is -1.26. The first kappa shape index (κ1) is 20.6. The van der Waals surface area contributed by atoms with Gasteiger partial charge in [-0.15, -0.1) is 0 Å². The zero-order valence-electron chi connectivity index (χ0n) is 7.34. The third-order valence-electron chi connectivity index (χ3n) is 1.08. The molecule has 9 heteroatoms. The molecule has 0 radical (unpaired) electrons. The Morgan fingerprint density at radius 2 is 1.00 bits per heavy atom. The predicted molar refractivity (Wildman–Crippen MR) is 56.4 cm³/mol. The van der Waals surface area contributed by atoms with Crippen molar-refractivity contribution < 1.29 is 29.7 Å². The zero-order chi connectivity index (χ0) is 10.4. The van der Waals surface area contributed by atoms with E-state index in [4.69, 9.17) is 15.3 Å². The molecule has 0 saturated carbocycles. The molecule has 84 valence electrons. The van der Waals surface area contributed by atoms with Crippen LogP contribution in [0.5, 0.6) is 0 Å². The van der Waals surface area contributed by atoms with Gasteiger partial charge in [-0.3, -0.25) is 19.3 Å². The molecular weight excluding hydrogens is 414 g/mol. The number of nitrogens with zero attached hydrogens (tertiary/aromatic N) is 1. The number of hydrogen-bond acceptors (Lipinski definition) is 4. The van der Waals surface area contributed by atoms with Gasteiger partial charge in [-0.05, 0) is 0 Å². The van der Waals surface area contributed by atoms with Gasteiger partial charge in [0.1, 0.15) is 0 Å². The zero-order valence-corrected chi connectivity index (χ0v) is 12.8. The average Bonchev–Trinajstić information content (AvgIpc) is 1.80. The average molecular weight is 427 g/mol. The standard InChI is InChI=1S/C6H9NO6.Bi.Na.4H/c8-4(9)1-7(2-5(10)11)3-6(12)13;;;;;;/h1-3H2,(H,8,9)(H,10,11)(H,12,13);;;;;;. The van der Waals surface area contributed by atoms with Gasteiger partial charge in [0.15, 0.2) is 0 Å². The first-order valence-electron chi connectivity index (χ1n) is 3.29. The van der Waals surface area contributed by atoms with Gasteiger partial charge >= 0.3 is 73.7 Å². The molecule has 0 aromatic carbocycles. The van der Waals surface area contributed by atoms with Crippen LogP contribution in [0.2, 0.25) is 0 Å². The molecule has 0 rings (SSSR count). The van der Waals surface area contributed by atoms with E-state index in [2.05, 4.69) is 0 Å². The molecule has 0 aliphatic carbocycles. The summed E-state index contributed by atoms with van der Waals surface area (Å²) in [4.78, 5) is 31.2. The first-order valence-corrected chi connectivity index (χ1v) is 3.29. The fourth-order valence-electron chi connectivity index (χ4n) is 0.742. The normalized spacial score (nSPS) is 8.60. The van der Waals surface area contributed by atoms with Gasteiger partial charge in [0.05, 0.1) is 19.6 Å². The van der Waals surface area contributed by atoms with Crippen molar-refractivity contribution in [2.45, 2.75) is 0 Å². The Labute approximate surface area is 127 Å². The summed E-state index contributed by atoms with van der Waals surface area (Å²) in [6, 6.07) is 0. The van der Waals surface area contributed by atoms with E-state index in [9.17, 15) is 14.4 Å². The second-order valence-electron chi connectivity index (χ2n) is 2.33. The number of carboxylic acids is 3. The molecule has 0 aliphatic heterocycles. The predicted octanol–water partition coefficient (Wildman–Crippen LogP) is -3.29. The summed E-state index contributed by atoms with van der Waals surface area (Å²) in [7, 11) is 0. The van der Waals surface area contributed by atoms with Crippen molar-refractivity contribution in [3.05, 3.63) is 0 Å². The van der Waals surface area contributed by atoms with Crippen LogP contribution < -0.4 is 0 Å². The first-order chi connectivity index (χ1) is 5.91. The van der Waals surface area contributed by atoms with Gasteiger partial charge in [0.2, 0.25) is 0 Å². The van der Waals surface area contributed by atoms with Crippen molar-refractivity contribution in [2.24, 2.45) is 0 Å². The van der Waals surface area contributed by atoms with Crippen LogP contribution in [0, 0.1) is 0 Å². The van der Waals surface area contributed by atoms with Gasteiger partial charge in [0, 0.05) is 0 Å². The van der Waals surface area contributed by atoms with E-state index in [1.165, 1.54) is 0 Å². The Morgan fingerprint density at radius 1 is 0.800 bits per heavy atom. The molecule has 7 nitrogen and oxygen atoms in total. The van der Waals surface area contributed by atoms with Crippen LogP contribution in [0.1, 0.15) is 0 Å². The van der Waals surface area contributed by atoms with Crippen LogP contribution in [-0.2, 0) is 14.4 Å². The molecule has 0 unspecified atom stereocenters. The van der Waals surface area contributed by atoms with Crippen molar-refractivity contribution in [1.29, 1.82) is 0 Å². The summed E-state index contributed by atoms with van der Waals surface area (Å²) < 4.78 is 0. The monoisotopic (exact) mass is 427 g/mol. The number of aliphatic carboxylic acids is 3. The van der Waals surface area contributed by atoms with Gasteiger partial charge in [-0.2, -0.15) is 0 Å². The van der Waals surface area contributed by atoms with Crippen LogP contribution >= 0.6 is 0 Å². The van der Waals surface area contributed by atoms with E-state index in [0.717, 1.165) is 4.90 Å². The molecule has 0 spiro atoms. The summed E-state index contributed by atoms with van der Waals surface area (Å²) in [6.45, 7) is -1.80. The third-order valence-corrected chi connectivity index (χ3v) is 1.08. The van der Waals surface area contributed by atoms with Crippen LogP contribution in [-0.4, -0.2) is 114 Å². The number of hydrogen-bond donors (Lipinski definition) is 3. The summed E-state index contributed by atoms with van der Waals surface area (Å²) in [6.07, 6.45) is 0. The molecule has 0 atom stereocenters. The molecule has 0 aliphatic rings. The Morgan fingerprint density at radius 3 is 1.13 bits per heavy atom. The Kier molecular flexibility index (Phi) is 14.8. The summed E-state index contributed by atoms with van der Waals surface area (Å²) in [5.74, 6) is -3.78. The molecule has 0 bridgehead atoms. The quantitative estimate of drug-likeness (QED) is 0.381. The van der Waals surface area contributed by atoms with Gasteiger partial charge in [-0.25, -0.2) is 0 Å². The Balaban J connectivity index is -0.000000720. The molecule has 0 heterocycles. The van der Waals surface area contributed by atoms with Crippen LogP contribution in [0.15, 0.2) is 0 Å². The van der Waals surface area contributed by atoms with Crippen LogP contribution in [0.3, 0.4) is 0 Å². The van der Waals surface area contributed by atoms with Crippen LogP contribution in [0.4, 0.5) is 0 Å². The fraction of sp³-hybridized carbons (Fsp3) is 0.500. The van der Waals surface area contributed by atoms with Crippen molar-refractivity contribution in [1.82, 2.24) is 4.90 Å². The van der Waals surface area contributed by atoms with Gasteiger partial charge < -0.3 is 15.3 Å². The van der Waals surface area contributed by atoms with E-state index in [1.807, 2.05) is 0 Å². The van der Waals surface area contributed by atoms with Gasteiger partial charge in [0.25, 0.3) is 0 Å². The molecule has 0 amide bonds. The summed E-state index contributed by atoms with van der Waals surface area (Å²) in [5.41, 5.74) is 0. The summed E-state index contributed by atoms with van der Waals surface area (Å²) >= 11 is 0. The molecule has 0 aromatic rings. The second-order valence-corrected chi connectivity index (χ2v) is 2.33. The van der Waals surface area contributed by atoms with E-state index < -0.39 is 37.5 Å². The van der Waals surface area contributed by atoms with Gasteiger partial charge in [-0.1, -0.05) is 0 Å². The number of rotatable bonds is 6. The van der Waals surface area contributed by atoms with Crippen molar-refractivity contribution >= 4 is 73.7 Å². The van der Waals surface area contributed by atoms with Crippen molar-refractivity contribution in [2.75, 3.05) is 19.6 Å². The fourth-order valence-corrected chi connectivity index (χ4v) is 0.742. The molecule has 0 fully saturated rings. The topological polar surface area (TPSA) is 115 Å². The maximum absolute atomic E-state index is 10.1. The van der Waals surface area contributed by atoms with E-state index in [0.29, 0.717) is 0 Å². The second kappa shape index (κ2) is 10.8. The van der Waals surface area contributed by atoms with Crippen molar-refractivity contribution in [3.63, 3.8) is 0 Å². The van der Waals surface area contributed by atoms with E-state index in [-0.39, 0.29) is 55.8 Å². The minimum absolute atomic E-state index is 0. The maximum atomic E-state index is 10.1. The molecule has 3 N–H and O–H groups in total. The third kappa shape index (κ3) is 14.3.